The van der Waals surface area contributed by atoms with Gasteiger partial charge in [-0.15, -0.1) is 0 Å². The summed E-state index contributed by atoms with van der Waals surface area (Å²) in [6.45, 7) is 2.86. The molecule has 0 spiro atoms. The maximum Gasteiger partial charge on any atom is 0.245 e. The molecule has 0 aromatic heterocycles. The number of hydrazone groups is 1. The van der Waals surface area contributed by atoms with E-state index in [4.69, 9.17) is 4.74 Å². The number of hydrogen-bond acceptors (Lipinski definition) is 4. The maximum atomic E-state index is 12.5. The Morgan fingerprint density at radius 1 is 1.06 bits per heavy atom. The van der Waals surface area contributed by atoms with Gasteiger partial charge in [-0.2, -0.15) is 5.10 Å². The first-order valence-electron chi connectivity index (χ1n) is 10.6. The fourth-order valence-corrected chi connectivity index (χ4v) is 3.51. The molecule has 2 amide bonds. The predicted octanol–water partition coefficient (Wildman–Crippen LogP) is 4.08. The molecule has 6 heteroatoms. The van der Waals surface area contributed by atoms with Crippen LogP contribution in [-0.2, 0) is 16.2 Å². The second-order valence-corrected chi connectivity index (χ2v) is 7.82. The van der Waals surface area contributed by atoms with Crippen LogP contribution in [0.4, 0.5) is 5.69 Å². The molecule has 1 atom stereocenters. The van der Waals surface area contributed by atoms with Crippen LogP contribution in [0.2, 0.25) is 0 Å². The van der Waals surface area contributed by atoms with Crippen molar-refractivity contribution in [3.63, 3.8) is 0 Å². The number of aryl methyl sites for hydroxylation is 1. The van der Waals surface area contributed by atoms with Gasteiger partial charge in [0.25, 0.3) is 0 Å². The topological polar surface area (TPSA) is 71.0 Å². The molecule has 1 aliphatic heterocycles. The lowest BCUT2D eigenvalue weighted by molar-refractivity contribution is -0.126. The smallest absolute Gasteiger partial charge is 0.245 e. The zero-order chi connectivity index (χ0) is 22.3. The van der Waals surface area contributed by atoms with Gasteiger partial charge in [-0.05, 0) is 54.4 Å². The third-order valence-corrected chi connectivity index (χ3v) is 5.36. The van der Waals surface area contributed by atoms with Gasteiger partial charge in [-0.1, -0.05) is 48.0 Å². The molecule has 1 saturated heterocycles. The minimum absolute atomic E-state index is 0.0518. The van der Waals surface area contributed by atoms with E-state index in [0.717, 1.165) is 28.1 Å². The first-order chi connectivity index (χ1) is 15.6. The van der Waals surface area contributed by atoms with Crippen molar-refractivity contribution in [1.29, 1.82) is 0 Å². The highest BCUT2D eigenvalue weighted by molar-refractivity contribution is 6.00. The largest absolute Gasteiger partial charge is 0.489 e. The third kappa shape index (κ3) is 5.40. The zero-order valence-electron chi connectivity index (χ0n) is 17.9. The van der Waals surface area contributed by atoms with E-state index in [0.29, 0.717) is 13.2 Å². The van der Waals surface area contributed by atoms with Gasteiger partial charge in [0.2, 0.25) is 11.8 Å². The van der Waals surface area contributed by atoms with Gasteiger partial charge >= 0.3 is 0 Å². The van der Waals surface area contributed by atoms with Crippen LogP contribution >= 0.6 is 0 Å². The van der Waals surface area contributed by atoms with E-state index in [9.17, 15) is 9.59 Å². The summed E-state index contributed by atoms with van der Waals surface area (Å²) < 4.78 is 5.77. The Morgan fingerprint density at radius 3 is 2.50 bits per heavy atom. The van der Waals surface area contributed by atoms with Crippen LogP contribution in [0.25, 0.3) is 0 Å². The highest BCUT2D eigenvalue weighted by atomic mass is 16.5. The van der Waals surface area contributed by atoms with Gasteiger partial charge in [0.1, 0.15) is 12.4 Å². The SMILES string of the molecule is Cc1ccc(N2C[C@H](C(=O)N/N=C/c3ccc(OCc4ccccc4)cc3)CC2=O)cc1. The first kappa shape index (κ1) is 21.3. The summed E-state index contributed by atoms with van der Waals surface area (Å²) in [5, 5.41) is 4.05. The molecule has 0 unspecified atom stereocenters. The van der Waals surface area contributed by atoms with Crippen molar-refractivity contribution < 1.29 is 14.3 Å². The Hall–Kier alpha value is -3.93. The van der Waals surface area contributed by atoms with E-state index in [-0.39, 0.29) is 18.2 Å². The summed E-state index contributed by atoms with van der Waals surface area (Å²) in [4.78, 5) is 26.5. The molecule has 6 nitrogen and oxygen atoms in total. The third-order valence-electron chi connectivity index (χ3n) is 5.36. The lowest BCUT2D eigenvalue weighted by atomic mass is 10.1. The van der Waals surface area contributed by atoms with E-state index in [1.54, 1.807) is 11.1 Å². The summed E-state index contributed by atoms with van der Waals surface area (Å²) in [5.41, 5.74) is 6.43. The van der Waals surface area contributed by atoms with Crippen LogP contribution in [0.15, 0.2) is 84.0 Å². The fraction of sp³-hybridized carbons (Fsp3) is 0.192. The van der Waals surface area contributed by atoms with Crippen LogP contribution in [0, 0.1) is 12.8 Å². The Morgan fingerprint density at radius 2 is 1.78 bits per heavy atom. The first-order valence-corrected chi connectivity index (χ1v) is 10.6. The normalized spacial score (nSPS) is 15.8. The number of hydrogen-bond donors (Lipinski definition) is 1. The zero-order valence-corrected chi connectivity index (χ0v) is 17.9. The maximum absolute atomic E-state index is 12.5. The van der Waals surface area contributed by atoms with Crippen molar-refractivity contribution in [2.24, 2.45) is 11.0 Å². The summed E-state index contributed by atoms with van der Waals surface area (Å²) in [6, 6.07) is 25.1. The molecule has 1 fully saturated rings. The van der Waals surface area contributed by atoms with E-state index in [2.05, 4.69) is 10.5 Å². The summed E-state index contributed by atoms with van der Waals surface area (Å²) in [7, 11) is 0. The highest BCUT2D eigenvalue weighted by Gasteiger charge is 2.35. The lowest BCUT2D eigenvalue weighted by Crippen LogP contribution is -2.30. The highest BCUT2D eigenvalue weighted by Crippen LogP contribution is 2.25. The number of amides is 2. The van der Waals surface area contributed by atoms with Crippen molar-refractivity contribution in [3.05, 3.63) is 95.6 Å². The molecule has 0 aliphatic carbocycles. The second kappa shape index (κ2) is 9.92. The van der Waals surface area contributed by atoms with E-state index < -0.39 is 5.92 Å². The Kier molecular flexibility index (Phi) is 6.60. The van der Waals surface area contributed by atoms with Crippen molar-refractivity contribution >= 4 is 23.7 Å². The lowest BCUT2D eigenvalue weighted by Gasteiger charge is -2.16. The van der Waals surface area contributed by atoms with Gasteiger partial charge < -0.3 is 9.64 Å². The van der Waals surface area contributed by atoms with E-state index in [1.165, 1.54) is 0 Å². The number of carbonyl (C=O) groups excluding carboxylic acids is 2. The summed E-state index contributed by atoms with van der Waals surface area (Å²) >= 11 is 0. The van der Waals surface area contributed by atoms with Crippen molar-refractivity contribution in [1.82, 2.24) is 5.43 Å². The number of rotatable bonds is 7. The van der Waals surface area contributed by atoms with Gasteiger partial charge in [0, 0.05) is 18.7 Å². The molecular weight excluding hydrogens is 402 g/mol. The van der Waals surface area contributed by atoms with Crippen LogP contribution in [0.5, 0.6) is 5.75 Å². The van der Waals surface area contributed by atoms with Crippen LogP contribution in [0.1, 0.15) is 23.1 Å². The molecule has 162 valence electrons. The monoisotopic (exact) mass is 427 g/mol. The number of anilines is 1. The molecule has 4 rings (SSSR count). The van der Waals surface area contributed by atoms with E-state index >= 15 is 0 Å². The van der Waals surface area contributed by atoms with Crippen LogP contribution in [0.3, 0.4) is 0 Å². The number of ether oxygens (including phenoxy) is 1. The van der Waals surface area contributed by atoms with Crippen molar-refractivity contribution in [2.75, 3.05) is 11.4 Å². The quantitative estimate of drug-likeness (QED) is 0.456. The summed E-state index contributed by atoms with van der Waals surface area (Å²) in [5.74, 6) is 0.0292. The average molecular weight is 428 g/mol. The minimum Gasteiger partial charge on any atom is -0.489 e. The molecule has 0 radical (unpaired) electrons. The molecular formula is C26H25N3O3. The molecule has 1 N–H and O–H groups in total. The minimum atomic E-state index is -0.422. The van der Waals surface area contributed by atoms with Gasteiger partial charge in [-0.3, -0.25) is 9.59 Å². The van der Waals surface area contributed by atoms with Gasteiger partial charge in [0.05, 0.1) is 12.1 Å². The molecule has 32 heavy (non-hydrogen) atoms. The molecule has 0 bridgehead atoms. The Labute approximate surface area is 187 Å². The Bertz CT molecular complexity index is 1090. The number of benzene rings is 3. The standard InChI is InChI=1S/C26H25N3O3/c1-19-7-11-23(12-8-19)29-17-22(15-25(29)30)26(31)28-27-16-20-9-13-24(14-10-20)32-18-21-5-3-2-4-6-21/h2-14,16,22H,15,17-18H2,1H3,(H,28,31)/b27-16+/t22-/m1/s1. The van der Waals surface area contributed by atoms with Crippen molar-refractivity contribution in [2.45, 2.75) is 20.0 Å². The Balaban J connectivity index is 1.27. The molecule has 3 aromatic rings. The number of nitrogens with zero attached hydrogens (tertiary/aromatic N) is 2. The number of carbonyl (C=O) groups is 2. The van der Waals surface area contributed by atoms with Crippen LogP contribution in [-0.4, -0.2) is 24.6 Å². The van der Waals surface area contributed by atoms with Crippen LogP contribution < -0.4 is 15.1 Å². The molecule has 3 aromatic carbocycles. The fourth-order valence-electron chi connectivity index (χ4n) is 3.51. The van der Waals surface area contributed by atoms with Gasteiger partial charge in [0.15, 0.2) is 0 Å². The predicted molar refractivity (Wildman–Crippen MR) is 125 cm³/mol. The molecule has 1 aliphatic rings. The average Bonchev–Trinajstić information content (AvgIpc) is 3.21. The summed E-state index contributed by atoms with van der Waals surface area (Å²) in [6.07, 6.45) is 1.76. The van der Waals surface area contributed by atoms with Crippen molar-refractivity contribution in [3.8, 4) is 5.75 Å². The molecule has 1 heterocycles. The second-order valence-electron chi connectivity index (χ2n) is 7.82. The van der Waals surface area contributed by atoms with Gasteiger partial charge in [-0.25, -0.2) is 5.43 Å². The van der Waals surface area contributed by atoms with E-state index in [1.807, 2.05) is 85.8 Å². The number of nitrogens with one attached hydrogen (secondary N) is 1. The molecule has 0 saturated carbocycles.